The number of rotatable bonds is 7. The van der Waals surface area contributed by atoms with Crippen LogP contribution in [-0.4, -0.2) is 44.8 Å². The Balaban J connectivity index is 2.07. The standard InChI is InChI=1S/C17H15Cl3N2O6/c1-25-10-4-8(5-11(26-2)16(10)27-3)22-12(23)7-28-17(24)15-14(20)13(19)9(18)6-21-15/h4-6H,7H2,1-3H3,(H,22,23). The Morgan fingerprint density at radius 2 is 1.61 bits per heavy atom. The Labute approximate surface area is 175 Å². The summed E-state index contributed by atoms with van der Waals surface area (Å²) in [6.07, 6.45) is 1.16. The molecule has 0 aliphatic rings. The number of amides is 1. The number of pyridine rings is 1. The highest BCUT2D eigenvalue weighted by molar-refractivity contribution is 6.48. The highest BCUT2D eigenvalue weighted by atomic mass is 35.5. The fourth-order valence-electron chi connectivity index (χ4n) is 2.14. The van der Waals surface area contributed by atoms with Gasteiger partial charge in [-0.3, -0.25) is 4.79 Å². The average molecular weight is 450 g/mol. The summed E-state index contributed by atoms with van der Waals surface area (Å²) in [7, 11) is 4.34. The van der Waals surface area contributed by atoms with Gasteiger partial charge in [0, 0.05) is 24.0 Å². The molecule has 28 heavy (non-hydrogen) atoms. The van der Waals surface area contributed by atoms with Crippen LogP contribution in [0.25, 0.3) is 0 Å². The average Bonchev–Trinajstić information content (AvgIpc) is 2.69. The second-order valence-electron chi connectivity index (χ2n) is 5.12. The van der Waals surface area contributed by atoms with Crippen molar-refractivity contribution in [3.63, 3.8) is 0 Å². The van der Waals surface area contributed by atoms with Crippen LogP contribution in [0.3, 0.4) is 0 Å². The highest BCUT2D eigenvalue weighted by Crippen LogP contribution is 2.39. The Hall–Kier alpha value is -2.42. The molecule has 11 heteroatoms. The maximum absolute atomic E-state index is 12.1. The number of hydrogen-bond acceptors (Lipinski definition) is 7. The lowest BCUT2D eigenvalue weighted by atomic mass is 10.2. The number of anilines is 1. The van der Waals surface area contributed by atoms with Crippen molar-refractivity contribution in [2.75, 3.05) is 33.3 Å². The molecule has 0 fully saturated rings. The molecular formula is C17H15Cl3N2O6. The van der Waals surface area contributed by atoms with Crippen molar-refractivity contribution in [1.29, 1.82) is 0 Å². The Bertz CT molecular complexity index is 882. The van der Waals surface area contributed by atoms with Crippen LogP contribution >= 0.6 is 34.8 Å². The number of hydrogen-bond donors (Lipinski definition) is 1. The number of methoxy groups -OCH3 is 3. The van der Waals surface area contributed by atoms with Gasteiger partial charge in [0.25, 0.3) is 5.91 Å². The number of nitrogens with one attached hydrogen (secondary N) is 1. The van der Waals surface area contributed by atoms with Crippen LogP contribution in [0.5, 0.6) is 17.2 Å². The molecule has 1 heterocycles. The molecule has 2 rings (SSSR count). The molecule has 0 aliphatic carbocycles. The predicted octanol–water partition coefficient (Wildman–Crippen LogP) is 3.86. The lowest BCUT2D eigenvalue weighted by Crippen LogP contribution is -2.21. The minimum Gasteiger partial charge on any atom is -0.493 e. The molecule has 150 valence electrons. The smallest absolute Gasteiger partial charge is 0.359 e. The molecule has 0 bridgehead atoms. The Morgan fingerprint density at radius 1 is 1.00 bits per heavy atom. The SMILES string of the molecule is COc1cc(NC(=O)COC(=O)c2ncc(Cl)c(Cl)c2Cl)cc(OC)c1OC. The number of esters is 1. The lowest BCUT2D eigenvalue weighted by Gasteiger charge is -2.14. The van der Waals surface area contributed by atoms with Crippen molar-refractivity contribution in [3.05, 3.63) is 39.1 Å². The van der Waals surface area contributed by atoms with Crippen molar-refractivity contribution in [2.45, 2.75) is 0 Å². The minimum absolute atomic E-state index is 0.0350. The fraction of sp³-hybridized carbons (Fsp3) is 0.235. The van der Waals surface area contributed by atoms with Gasteiger partial charge in [-0.05, 0) is 0 Å². The maximum atomic E-state index is 12.1. The number of carbonyl (C=O) groups excluding carboxylic acids is 2. The van der Waals surface area contributed by atoms with Gasteiger partial charge in [0.1, 0.15) is 0 Å². The van der Waals surface area contributed by atoms with Crippen LogP contribution < -0.4 is 19.5 Å². The number of nitrogens with zero attached hydrogens (tertiary/aromatic N) is 1. The van der Waals surface area contributed by atoms with E-state index in [1.54, 1.807) is 0 Å². The summed E-state index contributed by atoms with van der Waals surface area (Å²) in [5, 5.41) is 2.44. The number of benzene rings is 1. The van der Waals surface area contributed by atoms with Crippen molar-refractivity contribution >= 4 is 52.4 Å². The molecule has 8 nitrogen and oxygen atoms in total. The molecule has 1 N–H and O–H groups in total. The normalized spacial score (nSPS) is 10.2. The van der Waals surface area contributed by atoms with Gasteiger partial charge in [0.15, 0.2) is 23.8 Å². The van der Waals surface area contributed by atoms with Gasteiger partial charge < -0.3 is 24.3 Å². The minimum atomic E-state index is -0.927. The highest BCUT2D eigenvalue weighted by Gasteiger charge is 2.20. The van der Waals surface area contributed by atoms with Gasteiger partial charge in [-0.25, -0.2) is 9.78 Å². The van der Waals surface area contributed by atoms with Crippen LogP contribution in [-0.2, 0) is 9.53 Å². The second kappa shape index (κ2) is 9.68. The topological polar surface area (TPSA) is 96.0 Å². The van der Waals surface area contributed by atoms with Crippen molar-refractivity contribution in [2.24, 2.45) is 0 Å². The van der Waals surface area contributed by atoms with E-state index < -0.39 is 18.5 Å². The van der Waals surface area contributed by atoms with Crippen LogP contribution in [0, 0.1) is 0 Å². The number of aromatic nitrogens is 1. The predicted molar refractivity (Wildman–Crippen MR) is 104 cm³/mol. The zero-order valence-corrected chi connectivity index (χ0v) is 17.2. The summed E-state index contributed by atoms with van der Waals surface area (Å²) in [5.41, 5.74) is 0.0953. The first kappa shape index (κ1) is 21.9. The van der Waals surface area contributed by atoms with E-state index in [-0.39, 0.29) is 20.8 Å². The van der Waals surface area contributed by atoms with Crippen LogP contribution in [0.2, 0.25) is 15.1 Å². The van der Waals surface area contributed by atoms with Gasteiger partial charge >= 0.3 is 5.97 Å². The molecule has 2 aromatic rings. The quantitative estimate of drug-likeness (QED) is 0.641. The fourth-order valence-corrected chi connectivity index (χ4v) is 2.69. The molecule has 0 atom stereocenters. The lowest BCUT2D eigenvalue weighted by molar-refractivity contribution is -0.119. The van der Waals surface area contributed by atoms with Crippen LogP contribution in [0.4, 0.5) is 5.69 Å². The van der Waals surface area contributed by atoms with E-state index in [0.29, 0.717) is 22.9 Å². The summed E-state index contributed by atoms with van der Waals surface area (Å²) < 4.78 is 20.5. The Kier molecular flexibility index (Phi) is 7.56. The summed E-state index contributed by atoms with van der Waals surface area (Å²) >= 11 is 17.5. The van der Waals surface area contributed by atoms with E-state index in [1.807, 2.05) is 0 Å². The molecular weight excluding hydrogens is 435 g/mol. The summed E-state index contributed by atoms with van der Waals surface area (Å²) in [6, 6.07) is 3.05. The molecule has 0 spiro atoms. The second-order valence-corrected chi connectivity index (χ2v) is 6.28. The molecule has 0 aliphatic heterocycles. The van der Waals surface area contributed by atoms with Gasteiger partial charge in [-0.2, -0.15) is 0 Å². The van der Waals surface area contributed by atoms with E-state index in [4.69, 9.17) is 53.8 Å². The van der Waals surface area contributed by atoms with Gasteiger partial charge in [-0.1, -0.05) is 34.8 Å². The summed E-state index contributed by atoms with van der Waals surface area (Å²) in [4.78, 5) is 27.9. The van der Waals surface area contributed by atoms with Gasteiger partial charge in [-0.15, -0.1) is 0 Å². The maximum Gasteiger partial charge on any atom is 0.359 e. The zero-order valence-electron chi connectivity index (χ0n) is 15.0. The zero-order chi connectivity index (χ0) is 20.8. The molecule has 1 amide bonds. The number of carbonyl (C=O) groups is 2. The molecule has 1 aromatic carbocycles. The first-order valence-corrected chi connectivity index (χ1v) is 8.72. The van der Waals surface area contributed by atoms with E-state index in [0.717, 1.165) is 6.20 Å². The van der Waals surface area contributed by atoms with E-state index in [2.05, 4.69) is 10.3 Å². The van der Waals surface area contributed by atoms with Crippen molar-refractivity contribution in [1.82, 2.24) is 4.98 Å². The van der Waals surface area contributed by atoms with Crippen LogP contribution in [0.1, 0.15) is 10.5 Å². The Morgan fingerprint density at radius 3 is 2.14 bits per heavy atom. The number of halogens is 3. The monoisotopic (exact) mass is 448 g/mol. The van der Waals surface area contributed by atoms with E-state index in [1.165, 1.54) is 33.5 Å². The third-order valence-electron chi connectivity index (χ3n) is 3.39. The number of ether oxygens (including phenoxy) is 4. The molecule has 1 aromatic heterocycles. The van der Waals surface area contributed by atoms with Crippen molar-refractivity contribution < 1.29 is 28.5 Å². The third-order valence-corrected chi connectivity index (χ3v) is 4.63. The molecule has 0 saturated carbocycles. The first-order chi connectivity index (χ1) is 13.3. The molecule has 0 unspecified atom stereocenters. The summed E-state index contributed by atoms with van der Waals surface area (Å²) in [5.74, 6) is -0.473. The van der Waals surface area contributed by atoms with E-state index >= 15 is 0 Å². The molecule has 0 saturated heterocycles. The van der Waals surface area contributed by atoms with Crippen molar-refractivity contribution in [3.8, 4) is 17.2 Å². The molecule has 0 radical (unpaired) electrons. The first-order valence-electron chi connectivity index (χ1n) is 7.58. The largest absolute Gasteiger partial charge is 0.493 e. The van der Waals surface area contributed by atoms with E-state index in [9.17, 15) is 9.59 Å². The van der Waals surface area contributed by atoms with Gasteiger partial charge in [0.05, 0.1) is 36.4 Å². The van der Waals surface area contributed by atoms with Gasteiger partial charge in [0.2, 0.25) is 5.75 Å². The summed E-state index contributed by atoms with van der Waals surface area (Å²) in [6.45, 7) is -0.590. The third kappa shape index (κ3) is 4.89. The van der Waals surface area contributed by atoms with Crippen LogP contribution in [0.15, 0.2) is 18.3 Å².